The van der Waals surface area contributed by atoms with Crippen LogP contribution in [0.25, 0.3) is 0 Å². The largest absolute Gasteiger partial charge is 0.346 e. The molecule has 0 radical (unpaired) electrons. The molecular weight excluding hydrogens is 304 g/mol. The second-order valence-corrected chi connectivity index (χ2v) is 5.86. The first-order valence-corrected chi connectivity index (χ1v) is 6.66. The van der Waals surface area contributed by atoms with Crippen LogP contribution >= 0.6 is 27.5 Å². The Morgan fingerprint density at radius 1 is 1.59 bits per heavy atom. The maximum Gasteiger partial charge on any atom is 0.252 e. The highest BCUT2D eigenvalue weighted by Crippen LogP contribution is 2.23. The fourth-order valence-electron chi connectivity index (χ4n) is 1.94. The molecule has 92 valence electrons. The second kappa shape index (κ2) is 4.96. The molecule has 2 N–H and O–H groups in total. The normalized spacial score (nSPS) is 23.7. The van der Waals surface area contributed by atoms with Crippen molar-refractivity contribution in [3.63, 3.8) is 0 Å². The molecule has 1 unspecified atom stereocenters. The van der Waals surface area contributed by atoms with E-state index in [4.69, 9.17) is 11.6 Å². The summed E-state index contributed by atoms with van der Waals surface area (Å²) in [5.74, 6) is -0.0697. The number of carbonyl (C=O) groups excluding carboxylic acids is 1. The molecular formula is C12H14BrClN2O. The van der Waals surface area contributed by atoms with E-state index in [1.165, 1.54) is 0 Å². The molecule has 3 nitrogen and oxygen atoms in total. The van der Waals surface area contributed by atoms with Gasteiger partial charge in [-0.05, 0) is 54.0 Å². The predicted octanol–water partition coefficient (Wildman–Crippen LogP) is 2.58. The third kappa shape index (κ3) is 3.00. The average Bonchev–Trinajstić information content (AvgIpc) is 2.64. The summed E-state index contributed by atoms with van der Waals surface area (Å²) >= 11 is 9.20. The van der Waals surface area contributed by atoms with Crippen molar-refractivity contribution in [1.82, 2.24) is 10.6 Å². The number of hydrogen-bond donors (Lipinski definition) is 2. The Kier molecular flexibility index (Phi) is 3.76. The van der Waals surface area contributed by atoms with Crippen LogP contribution in [-0.2, 0) is 0 Å². The lowest BCUT2D eigenvalue weighted by molar-refractivity contribution is 0.0912. The Hall–Kier alpha value is -0.580. The Labute approximate surface area is 114 Å². The van der Waals surface area contributed by atoms with E-state index in [9.17, 15) is 4.79 Å². The molecule has 2 rings (SSSR count). The highest BCUT2D eigenvalue weighted by Gasteiger charge is 2.30. The average molecular weight is 318 g/mol. The molecule has 1 heterocycles. The van der Waals surface area contributed by atoms with Gasteiger partial charge in [0.2, 0.25) is 0 Å². The molecule has 1 aliphatic rings. The van der Waals surface area contributed by atoms with E-state index < -0.39 is 0 Å². The van der Waals surface area contributed by atoms with Crippen LogP contribution in [0.1, 0.15) is 23.7 Å². The van der Waals surface area contributed by atoms with Gasteiger partial charge < -0.3 is 10.6 Å². The Bertz CT molecular complexity index is 444. The van der Waals surface area contributed by atoms with Gasteiger partial charge >= 0.3 is 0 Å². The van der Waals surface area contributed by atoms with Gasteiger partial charge in [0, 0.05) is 16.0 Å². The Balaban J connectivity index is 2.14. The van der Waals surface area contributed by atoms with Crippen LogP contribution in [0.3, 0.4) is 0 Å². The van der Waals surface area contributed by atoms with E-state index in [2.05, 4.69) is 33.5 Å². The van der Waals surface area contributed by atoms with E-state index in [1.807, 2.05) is 0 Å². The Morgan fingerprint density at radius 2 is 2.35 bits per heavy atom. The minimum absolute atomic E-state index is 0.0697. The maximum atomic E-state index is 12.1. The van der Waals surface area contributed by atoms with Gasteiger partial charge in [0.1, 0.15) is 0 Å². The molecule has 0 saturated carbocycles. The fraction of sp³-hybridized carbons (Fsp3) is 0.417. The number of halogens is 2. The number of carbonyl (C=O) groups is 1. The lowest BCUT2D eigenvalue weighted by Crippen LogP contribution is -2.47. The summed E-state index contributed by atoms with van der Waals surface area (Å²) in [6, 6.07) is 5.18. The SMILES string of the molecule is CC1(NC(=O)c2ccc(Cl)cc2Br)CCNC1. The second-order valence-electron chi connectivity index (χ2n) is 4.57. The summed E-state index contributed by atoms with van der Waals surface area (Å²) in [4.78, 5) is 12.1. The molecule has 1 aromatic carbocycles. The van der Waals surface area contributed by atoms with E-state index >= 15 is 0 Å². The van der Waals surface area contributed by atoms with Crippen molar-refractivity contribution in [3.8, 4) is 0 Å². The van der Waals surface area contributed by atoms with Crippen LogP contribution in [0.15, 0.2) is 22.7 Å². The van der Waals surface area contributed by atoms with Crippen LogP contribution in [-0.4, -0.2) is 24.5 Å². The molecule has 1 saturated heterocycles. The molecule has 0 spiro atoms. The van der Waals surface area contributed by atoms with Gasteiger partial charge in [-0.1, -0.05) is 11.6 Å². The number of benzene rings is 1. The Morgan fingerprint density at radius 3 is 2.94 bits per heavy atom. The van der Waals surface area contributed by atoms with E-state index in [0.717, 1.165) is 24.0 Å². The number of nitrogens with one attached hydrogen (secondary N) is 2. The fourth-order valence-corrected chi connectivity index (χ4v) is 2.80. The summed E-state index contributed by atoms with van der Waals surface area (Å²) in [6.45, 7) is 3.80. The van der Waals surface area contributed by atoms with Gasteiger partial charge in [0.05, 0.1) is 11.1 Å². The minimum Gasteiger partial charge on any atom is -0.346 e. The van der Waals surface area contributed by atoms with Gasteiger partial charge in [-0.3, -0.25) is 4.79 Å². The molecule has 0 aliphatic carbocycles. The molecule has 1 fully saturated rings. The first-order valence-electron chi connectivity index (χ1n) is 5.48. The summed E-state index contributed by atoms with van der Waals surface area (Å²) in [5.41, 5.74) is 0.457. The van der Waals surface area contributed by atoms with E-state index in [0.29, 0.717) is 10.6 Å². The van der Waals surface area contributed by atoms with Crippen molar-refractivity contribution >= 4 is 33.4 Å². The van der Waals surface area contributed by atoms with Crippen molar-refractivity contribution in [2.75, 3.05) is 13.1 Å². The predicted molar refractivity (Wildman–Crippen MR) is 72.5 cm³/mol. The topological polar surface area (TPSA) is 41.1 Å². The highest BCUT2D eigenvalue weighted by atomic mass is 79.9. The van der Waals surface area contributed by atoms with Gasteiger partial charge in [-0.2, -0.15) is 0 Å². The van der Waals surface area contributed by atoms with Crippen molar-refractivity contribution in [1.29, 1.82) is 0 Å². The molecule has 5 heteroatoms. The lowest BCUT2D eigenvalue weighted by atomic mass is 10.0. The quantitative estimate of drug-likeness (QED) is 0.880. The smallest absolute Gasteiger partial charge is 0.252 e. The summed E-state index contributed by atoms with van der Waals surface area (Å²) in [7, 11) is 0. The molecule has 0 bridgehead atoms. The zero-order valence-electron chi connectivity index (χ0n) is 9.52. The monoisotopic (exact) mass is 316 g/mol. The van der Waals surface area contributed by atoms with Crippen LogP contribution in [0, 0.1) is 0 Å². The van der Waals surface area contributed by atoms with Crippen molar-refractivity contribution in [2.24, 2.45) is 0 Å². The molecule has 1 aliphatic heterocycles. The van der Waals surface area contributed by atoms with Gasteiger partial charge in [-0.25, -0.2) is 0 Å². The van der Waals surface area contributed by atoms with E-state index in [-0.39, 0.29) is 11.4 Å². The van der Waals surface area contributed by atoms with Crippen LogP contribution in [0.5, 0.6) is 0 Å². The first-order chi connectivity index (χ1) is 8.00. The lowest BCUT2D eigenvalue weighted by Gasteiger charge is -2.24. The zero-order chi connectivity index (χ0) is 12.5. The van der Waals surface area contributed by atoms with Gasteiger partial charge in [0.15, 0.2) is 0 Å². The highest BCUT2D eigenvalue weighted by molar-refractivity contribution is 9.10. The first kappa shape index (κ1) is 12.9. The molecule has 1 amide bonds. The number of rotatable bonds is 2. The van der Waals surface area contributed by atoms with Crippen molar-refractivity contribution in [2.45, 2.75) is 18.9 Å². The standard InChI is InChI=1S/C12H14BrClN2O/c1-12(4-5-15-7-12)16-11(17)9-3-2-8(14)6-10(9)13/h2-3,6,15H,4-5,7H2,1H3,(H,16,17). The minimum atomic E-state index is -0.157. The van der Waals surface area contributed by atoms with Crippen LogP contribution in [0.4, 0.5) is 0 Å². The van der Waals surface area contributed by atoms with Gasteiger partial charge in [-0.15, -0.1) is 0 Å². The number of hydrogen-bond acceptors (Lipinski definition) is 2. The third-order valence-electron chi connectivity index (χ3n) is 2.96. The molecule has 1 aromatic rings. The maximum absolute atomic E-state index is 12.1. The van der Waals surface area contributed by atoms with E-state index in [1.54, 1.807) is 18.2 Å². The molecule has 1 atom stereocenters. The molecule has 17 heavy (non-hydrogen) atoms. The third-order valence-corrected chi connectivity index (χ3v) is 3.85. The zero-order valence-corrected chi connectivity index (χ0v) is 11.9. The summed E-state index contributed by atoms with van der Waals surface area (Å²) in [5, 5.41) is 6.92. The van der Waals surface area contributed by atoms with Crippen LogP contribution in [0.2, 0.25) is 5.02 Å². The van der Waals surface area contributed by atoms with Crippen molar-refractivity contribution in [3.05, 3.63) is 33.3 Å². The number of amides is 1. The summed E-state index contributed by atoms with van der Waals surface area (Å²) in [6.07, 6.45) is 0.948. The van der Waals surface area contributed by atoms with Crippen LogP contribution < -0.4 is 10.6 Å². The summed E-state index contributed by atoms with van der Waals surface area (Å²) < 4.78 is 0.719. The van der Waals surface area contributed by atoms with Crippen molar-refractivity contribution < 1.29 is 4.79 Å². The van der Waals surface area contributed by atoms with Gasteiger partial charge in [0.25, 0.3) is 5.91 Å². The molecule has 0 aromatic heterocycles.